The fraction of sp³-hybridized carbons (Fsp3) is 0.286. The standard InChI is InChI=1S/C14H14BrF2N3O/c15-12-13(9-4-2-1-3-5-9)19-11(20-14(12)18)6-7-21-8-10(16)17/h1-5,10H,6-8H2,(H2,18,19,20). The van der Waals surface area contributed by atoms with Crippen molar-refractivity contribution in [2.75, 3.05) is 18.9 Å². The number of ether oxygens (including phenoxy) is 1. The van der Waals surface area contributed by atoms with Gasteiger partial charge in [0.15, 0.2) is 0 Å². The highest BCUT2D eigenvalue weighted by Gasteiger charge is 2.12. The van der Waals surface area contributed by atoms with Crippen molar-refractivity contribution < 1.29 is 13.5 Å². The SMILES string of the molecule is Nc1nc(CCOCC(F)F)nc(-c2ccccc2)c1Br. The molecule has 0 radical (unpaired) electrons. The number of hydrogen-bond acceptors (Lipinski definition) is 4. The lowest BCUT2D eigenvalue weighted by molar-refractivity contribution is 0.0183. The summed E-state index contributed by atoms with van der Waals surface area (Å²) in [7, 11) is 0. The van der Waals surface area contributed by atoms with Crippen LogP contribution in [0.2, 0.25) is 0 Å². The van der Waals surface area contributed by atoms with Gasteiger partial charge < -0.3 is 10.5 Å². The third-order valence-electron chi connectivity index (χ3n) is 2.68. The summed E-state index contributed by atoms with van der Waals surface area (Å²) in [5.41, 5.74) is 7.42. The van der Waals surface area contributed by atoms with Crippen LogP contribution >= 0.6 is 15.9 Å². The van der Waals surface area contributed by atoms with Crippen LogP contribution in [0, 0.1) is 0 Å². The molecule has 7 heteroatoms. The summed E-state index contributed by atoms with van der Waals surface area (Å²) in [6.07, 6.45) is -2.15. The van der Waals surface area contributed by atoms with Crippen LogP contribution in [-0.2, 0) is 11.2 Å². The maximum atomic E-state index is 12.0. The van der Waals surface area contributed by atoms with Crippen LogP contribution in [-0.4, -0.2) is 29.6 Å². The molecule has 1 heterocycles. The van der Waals surface area contributed by atoms with E-state index in [1.165, 1.54) is 0 Å². The molecule has 0 aliphatic rings. The Morgan fingerprint density at radius 1 is 1.19 bits per heavy atom. The zero-order valence-corrected chi connectivity index (χ0v) is 12.7. The summed E-state index contributed by atoms with van der Waals surface area (Å²) < 4.78 is 29.4. The van der Waals surface area contributed by atoms with Crippen molar-refractivity contribution in [3.05, 3.63) is 40.6 Å². The molecule has 1 aromatic heterocycles. The molecule has 4 nitrogen and oxygen atoms in total. The second-order valence-corrected chi connectivity index (χ2v) is 5.06. The number of alkyl halides is 2. The van der Waals surface area contributed by atoms with Crippen molar-refractivity contribution in [1.29, 1.82) is 0 Å². The molecule has 0 bridgehead atoms. The first-order valence-electron chi connectivity index (χ1n) is 6.31. The summed E-state index contributed by atoms with van der Waals surface area (Å²) in [4.78, 5) is 8.54. The molecule has 21 heavy (non-hydrogen) atoms. The van der Waals surface area contributed by atoms with Gasteiger partial charge in [0.1, 0.15) is 18.2 Å². The van der Waals surface area contributed by atoms with Gasteiger partial charge in [-0.3, -0.25) is 0 Å². The molecule has 0 spiro atoms. The van der Waals surface area contributed by atoms with Crippen molar-refractivity contribution in [3.8, 4) is 11.3 Å². The molecule has 2 rings (SSSR count). The van der Waals surface area contributed by atoms with E-state index in [0.717, 1.165) is 5.56 Å². The first-order valence-corrected chi connectivity index (χ1v) is 7.10. The molecule has 0 amide bonds. The van der Waals surface area contributed by atoms with Gasteiger partial charge in [0.2, 0.25) is 0 Å². The van der Waals surface area contributed by atoms with Crippen LogP contribution in [0.1, 0.15) is 5.82 Å². The number of nitrogen functional groups attached to an aromatic ring is 1. The predicted octanol–water partition coefficient (Wildman–Crippen LogP) is 3.31. The lowest BCUT2D eigenvalue weighted by atomic mass is 10.1. The molecule has 0 aliphatic heterocycles. The van der Waals surface area contributed by atoms with Crippen LogP contribution in [0.25, 0.3) is 11.3 Å². The zero-order chi connectivity index (χ0) is 15.2. The van der Waals surface area contributed by atoms with Crippen molar-refractivity contribution in [2.24, 2.45) is 0 Å². The van der Waals surface area contributed by atoms with E-state index >= 15 is 0 Å². The molecule has 0 unspecified atom stereocenters. The van der Waals surface area contributed by atoms with Gasteiger partial charge in [0.05, 0.1) is 16.8 Å². The lowest BCUT2D eigenvalue weighted by Gasteiger charge is -2.09. The smallest absolute Gasteiger partial charge is 0.261 e. The summed E-state index contributed by atoms with van der Waals surface area (Å²) in [6.45, 7) is -0.461. The van der Waals surface area contributed by atoms with Crippen LogP contribution in [0.3, 0.4) is 0 Å². The van der Waals surface area contributed by atoms with Gasteiger partial charge in [-0.25, -0.2) is 18.7 Å². The summed E-state index contributed by atoms with van der Waals surface area (Å²) >= 11 is 3.37. The normalized spacial score (nSPS) is 11.0. The minimum absolute atomic E-state index is 0.125. The average Bonchev–Trinajstić information content (AvgIpc) is 2.47. The minimum atomic E-state index is -2.47. The third kappa shape index (κ3) is 4.44. The van der Waals surface area contributed by atoms with Crippen molar-refractivity contribution >= 4 is 21.7 Å². The molecule has 0 atom stereocenters. The molecule has 0 fully saturated rings. The molecular formula is C14H14BrF2N3O. The van der Waals surface area contributed by atoms with E-state index in [4.69, 9.17) is 10.5 Å². The summed E-state index contributed by atoms with van der Waals surface area (Å²) in [5, 5.41) is 0. The number of nitrogens with zero attached hydrogens (tertiary/aromatic N) is 2. The van der Waals surface area contributed by atoms with Crippen LogP contribution in [0.4, 0.5) is 14.6 Å². The second-order valence-electron chi connectivity index (χ2n) is 4.27. The quantitative estimate of drug-likeness (QED) is 0.805. The fourth-order valence-electron chi connectivity index (χ4n) is 1.75. The van der Waals surface area contributed by atoms with E-state index in [1.807, 2.05) is 30.3 Å². The Kier molecular flexibility index (Phi) is 5.58. The highest BCUT2D eigenvalue weighted by atomic mass is 79.9. The van der Waals surface area contributed by atoms with Crippen molar-refractivity contribution in [3.63, 3.8) is 0 Å². The number of nitrogens with two attached hydrogens (primary N) is 1. The van der Waals surface area contributed by atoms with Crippen molar-refractivity contribution in [2.45, 2.75) is 12.8 Å². The van der Waals surface area contributed by atoms with Gasteiger partial charge in [-0.15, -0.1) is 0 Å². The van der Waals surface area contributed by atoms with E-state index in [9.17, 15) is 8.78 Å². The Bertz CT molecular complexity index is 596. The maximum Gasteiger partial charge on any atom is 0.261 e. The molecule has 0 saturated carbocycles. The third-order valence-corrected chi connectivity index (χ3v) is 3.47. The molecular weight excluding hydrogens is 344 g/mol. The molecule has 2 aromatic rings. The van der Waals surface area contributed by atoms with Crippen LogP contribution in [0.5, 0.6) is 0 Å². The summed E-state index contributed by atoms with van der Waals surface area (Å²) in [6, 6.07) is 9.51. The van der Waals surface area contributed by atoms with Gasteiger partial charge in [0.25, 0.3) is 6.43 Å². The zero-order valence-electron chi connectivity index (χ0n) is 11.1. The van der Waals surface area contributed by atoms with E-state index < -0.39 is 13.0 Å². The molecule has 1 aromatic carbocycles. The Morgan fingerprint density at radius 3 is 2.57 bits per heavy atom. The van der Waals surface area contributed by atoms with Crippen molar-refractivity contribution in [1.82, 2.24) is 9.97 Å². The molecule has 112 valence electrons. The largest absolute Gasteiger partial charge is 0.383 e. The minimum Gasteiger partial charge on any atom is -0.383 e. The number of benzene rings is 1. The monoisotopic (exact) mass is 357 g/mol. The molecule has 0 aliphatic carbocycles. The number of anilines is 1. The molecule has 2 N–H and O–H groups in total. The van der Waals surface area contributed by atoms with Gasteiger partial charge in [0, 0.05) is 12.0 Å². The van der Waals surface area contributed by atoms with Crippen LogP contribution < -0.4 is 5.73 Å². The van der Waals surface area contributed by atoms with Gasteiger partial charge in [-0.2, -0.15) is 0 Å². The van der Waals surface area contributed by atoms with E-state index in [1.54, 1.807) is 0 Å². The Labute approximate surface area is 129 Å². The second kappa shape index (κ2) is 7.42. The van der Waals surface area contributed by atoms with Crippen LogP contribution in [0.15, 0.2) is 34.8 Å². The van der Waals surface area contributed by atoms with Gasteiger partial charge in [-0.05, 0) is 15.9 Å². The highest BCUT2D eigenvalue weighted by Crippen LogP contribution is 2.29. The van der Waals surface area contributed by atoms with Gasteiger partial charge >= 0.3 is 0 Å². The first-order chi connectivity index (χ1) is 10.1. The number of aromatic nitrogens is 2. The first kappa shape index (κ1) is 15.8. The van der Waals surface area contributed by atoms with E-state index in [0.29, 0.717) is 28.2 Å². The summed E-state index contributed by atoms with van der Waals surface area (Å²) in [5.74, 6) is 0.775. The van der Waals surface area contributed by atoms with Gasteiger partial charge in [-0.1, -0.05) is 30.3 Å². The highest BCUT2D eigenvalue weighted by molar-refractivity contribution is 9.10. The number of halogens is 3. The van der Waals surface area contributed by atoms with E-state index in [-0.39, 0.29) is 6.61 Å². The lowest BCUT2D eigenvalue weighted by Crippen LogP contribution is -2.10. The topological polar surface area (TPSA) is 61.0 Å². The number of hydrogen-bond donors (Lipinski definition) is 1. The number of rotatable bonds is 6. The Balaban J connectivity index is 2.15. The Morgan fingerprint density at radius 2 is 1.90 bits per heavy atom. The molecule has 0 saturated heterocycles. The van der Waals surface area contributed by atoms with E-state index in [2.05, 4.69) is 25.9 Å². The predicted molar refractivity (Wildman–Crippen MR) is 80.1 cm³/mol. The fourth-order valence-corrected chi connectivity index (χ4v) is 2.15. The maximum absolute atomic E-state index is 12.0. The Hall–Kier alpha value is -1.60. The average molecular weight is 358 g/mol.